The number of aryl methyl sites for hydroxylation is 1. The summed E-state index contributed by atoms with van der Waals surface area (Å²) in [6.45, 7) is 4.36. The highest BCUT2D eigenvalue weighted by atomic mass is 15.2. The van der Waals surface area contributed by atoms with Gasteiger partial charge in [-0.15, -0.1) is 10.2 Å². The minimum absolute atomic E-state index is 0.963. The summed E-state index contributed by atoms with van der Waals surface area (Å²) < 4.78 is 1.97. The molecule has 1 N–H and O–H groups in total. The maximum atomic E-state index is 4.04. The largest absolute Gasteiger partial charge is 0.321 e. The standard InChI is InChI=1S/C11H22N4/c1-3-4-5-6-8-12-9-7-11-14-13-10-15(11)2/h10,12H,3-9H2,1-2H3. The van der Waals surface area contributed by atoms with E-state index in [1.54, 1.807) is 6.33 Å². The lowest BCUT2D eigenvalue weighted by Crippen LogP contribution is -2.19. The Bertz CT molecular complexity index is 257. The summed E-state index contributed by atoms with van der Waals surface area (Å²) in [5.74, 6) is 1.05. The van der Waals surface area contributed by atoms with Crippen LogP contribution in [0, 0.1) is 0 Å². The van der Waals surface area contributed by atoms with Crippen molar-refractivity contribution in [3.63, 3.8) is 0 Å². The Kier molecular flexibility index (Phi) is 6.00. The quantitative estimate of drug-likeness (QED) is 0.662. The summed E-state index contributed by atoms with van der Waals surface area (Å²) in [6, 6.07) is 0. The van der Waals surface area contributed by atoms with Gasteiger partial charge in [-0.1, -0.05) is 26.2 Å². The van der Waals surface area contributed by atoms with Crippen molar-refractivity contribution in [2.24, 2.45) is 7.05 Å². The summed E-state index contributed by atoms with van der Waals surface area (Å²) >= 11 is 0. The van der Waals surface area contributed by atoms with Gasteiger partial charge < -0.3 is 9.88 Å². The predicted octanol–water partition coefficient (Wildman–Crippen LogP) is 1.53. The van der Waals surface area contributed by atoms with Crippen LogP contribution in [0.2, 0.25) is 0 Å². The number of nitrogens with one attached hydrogen (secondary N) is 1. The van der Waals surface area contributed by atoms with Crippen LogP contribution in [0.5, 0.6) is 0 Å². The maximum absolute atomic E-state index is 4.04. The lowest BCUT2D eigenvalue weighted by Gasteiger charge is -2.03. The van der Waals surface area contributed by atoms with Crippen molar-refractivity contribution in [1.29, 1.82) is 0 Å². The molecule has 0 aromatic carbocycles. The van der Waals surface area contributed by atoms with E-state index in [1.807, 2.05) is 11.6 Å². The minimum Gasteiger partial charge on any atom is -0.321 e. The molecule has 0 aliphatic carbocycles. The molecule has 0 amide bonds. The highest BCUT2D eigenvalue weighted by Gasteiger charge is 1.98. The zero-order valence-electron chi connectivity index (χ0n) is 9.87. The van der Waals surface area contributed by atoms with Gasteiger partial charge in [0.2, 0.25) is 0 Å². The molecule has 1 aromatic rings. The number of unbranched alkanes of at least 4 members (excludes halogenated alkanes) is 3. The smallest absolute Gasteiger partial charge is 0.133 e. The second-order valence-electron chi connectivity index (χ2n) is 3.92. The first-order valence-corrected chi connectivity index (χ1v) is 5.88. The number of rotatable bonds is 8. The molecule has 1 rings (SSSR count). The van der Waals surface area contributed by atoms with Crippen LogP contribution in [0.4, 0.5) is 0 Å². The zero-order chi connectivity index (χ0) is 10.9. The average Bonchev–Trinajstić information content (AvgIpc) is 2.63. The van der Waals surface area contributed by atoms with Crippen LogP contribution in [0.25, 0.3) is 0 Å². The third-order valence-electron chi connectivity index (χ3n) is 2.54. The second kappa shape index (κ2) is 7.40. The van der Waals surface area contributed by atoms with Crippen LogP contribution in [0.3, 0.4) is 0 Å². The molecule has 86 valence electrons. The average molecular weight is 210 g/mol. The van der Waals surface area contributed by atoms with Crippen molar-refractivity contribution < 1.29 is 0 Å². The molecule has 0 radical (unpaired) electrons. The molecule has 0 saturated carbocycles. The number of aromatic nitrogens is 3. The molecule has 0 atom stereocenters. The summed E-state index contributed by atoms with van der Waals surface area (Å²) in [7, 11) is 1.98. The number of hydrogen-bond donors (Lipinski definition) is 1. The maximum Gasteiger partial charge on any atom is 0.133 e. The topological polar surface area (TPSA) is 42.7 Å². The monoisotopic (exact) mass is 210 g/mol. The van der Waals surface area contributed by atoms with Crippen LogP contribution in [0.1, 0.15) is 38.4 Å². The summed E-state index contributed by atoms with van der Waals surface area (Å²) in [5, 5.41) is 11.3. The molecule has 1 aromatic heterocycles. The van der Waals surface area contributed by atoms with Gasteiger partial charge in [0.1, 0.15) is 12.2 Å². The van der Waals surface area contributed by atoms with Crippen molar-refractivity contribution in [2.75, 3.05) is 13.1 Å². The second-order valence-corrected chi connectivity index (χ2v) is 3.92. The molecule has 15 heavy (non-hydrogen) atoms. The molecule has 0 aliphatic heterocycles. The fourth-order valence-corrected chi connectivity index (χ4v) is 1.54. The van der Waals surface area contributed by atoms with Gasteiger partial charge >= 0.3 is 0 Å². The molecule has 0 spiro atoms. The van der Waals surface area contributed by atoms with Gasteiger partial charge in [0.25, 0.3) is 0 Å². The van der Waals surface area contributed by atoms with Gasteiger partial charge in [-0.05, 0) is 13.0 Å². The lowest BCUT2D eigenvalue weighted by molar-refractivity contribution is 0.589. The van der Waals surface area contributed by atoms with Crippen LogP contribution in [-0.4, -0.2) is 27.9 Å². The van der Waals surface area contributed by atoms with E-state index in [1.165, 1.54) is 25.7 Å². The van der Waals surface area contributed by atoms with Crippen molar-refractivity contribution in [3.8, 4) is 0 Å². The van der Waals surface area contributed by atoms with Crippen LogP contribution >= 0.6 is 0 Å². The van der Waals surface area contributed by atoms with Crippen molar-refractivity contribution in [3.05, 3.63) is 12.2 Å². The predicted molar refractivity (Wildman–Crippen MR) is 61.7 cm³/mol. The Labute approximate surface area is 92.1 Å². The van der Waals surface area contributed by atoms with E-state index in [-0.39, 0.29) is 0 Å². The van der Waals surface area contributed by atoms with Crippen molar-refractivity contribution in [1.82, 2.24) is 20.1 Å². The first-order chi connectivity index (χ1) is 7.34. The van der Waals surface area contributed by atoms with E-state index in [0.29, 0.717) is 0 Å². The molecule has 0 unspecified atom stereocenters. The van der Waals surface area contributed by atoms with Gasteiger partial charge in [0, 0.05) is 20.0 Å². The molecule has 4 heteroatoms. The summed E-state index contributed by atoms with van der Waals surface area (Å²) in [6.07, 6.45) is 7.99. The van der Waals surface area contributed by atoms with Crippen LogP contribution in [-0.2, 0) is 13.5 Å². The lowest BCUT2D eigenvalue weighted by atomic mass is 10.2. The fourth-order valence-electron chi connectivity index (χ4n) is 1.54. The Morgan fingerprint density at radius 2 is 2.13 bits per heavy atom. The van der Waals surface area contributed by atoms with Crippen LogP contribution in [0.15, 0.2) is 6.33 Å². The Hall–Kier alpha value is -0.900. The Balaban J connectivity index is 1.96. The molecular formula is C11H22N4. The van der Waals surface area contributed by atoms with Gasteiger partial charge in [-0.25, -0.2) is 0 Å². The van der Waals surface area contributed by atoms with Crippen molar-refractivity contribution >= 4 is 0 Å². The molecule has 4 nitrogen and oxygen atoms in total. The van der Waals surface area contributed by atoms with Gasteiger partial charge in [0.05, 0.1) is 0 Å². The Morgan fingerprint density at radius 1 is 1.27 bits per heavy atom. The first kappa shape index (κ1) is 12.2. The van der Waals surface area contributed by atoms with E-state index in [0.717, 1.165) is 25.3 Å². The molecule has 0 aliphatic rings. The van der Waals surface area contributed by atoms with Crippen molar-refractivity contribution in [2.45, 2.75) is 39.0 Å². The highest BCUT2D eigenvalue weighted by molar-refractivity contribution is 4.84. The first-order valence-electron chi connectivity index (χ1n) is 5.88. The normalized spacial score (nSPS) is 10.8. The third kappa shape index (κ3) is 4.93. The molecule has 0 bridgehead atoms. The molecule has 0 saturated heterocycles. The zero-order valence-corrected chi connectivity index (χ0v) is 9.87. The van der Waals surface area contributed by atoms with Gasteiger partial charge in [-0.2, -0.15) is 0 Å². The SMILES string of the molecule is CCCCCCNCCc1nncn1C. The van der Waals surface area contributed by atoms with E-state index in [4.69, 9.17) is 0 Å². The summed E-state index contributed by atoms with van der Waals surface area (Å²) in [5.41, 5.74) is 0. The molecular weight excluding hydrogens is 188 g/mol. The van der Waals surface area contributed by atoms with E-state index in [9.17, 15) is 0 Å². The third-order valence-corrected chi connectivity index (χ3v) is 2.54. The van der Waals surface area contributed by atoms with Gasteiger partial charge in [-0.3, -0.25) is 0 Å². The molecule has 1 heterocycles. The Morgan fingerprint density at radius 3 is 2.80 bits per heavy atom. The van der Waals surface area contributed by atoms with E-state index >= 15 is 0 Å². The number of hydrogen-bond acceptors (Lipinski definition) is 3. The molecule has 0 fully saturated rings. The summed E-state index contributed by atoms with van der Waals surface area (Å²) in [4.78, 5) is 0. The van der Waals surface area contributed by atoms with E-state index < -0.39 is 0 Å². The minimum atomic E-state index is 0.963. The van der Waals surface area contributed by atoms with Crippen LogP contribution < -0.4 is 5.32 Å². The fraction of sp³-hybridized carbons (Fsp3) is 0.818. The van der Waals surface area contributed by atoms with E-state index in [2.05, 4.69) is 22.4 Å². The van der Waals surface area contributed by atoms with Gasteiger partial charge in [0.15, 0.2) is 0 Å². The number of nitrogens with zero attached hydrogens (tertiary/aromatic N) is 3. The highest BCUT2D eigenvalue weighted by Crippen LogP contribution is 1.97.